The van der Waals surface area contributed by atoms with E-state index in [9.17, 15) is 8.78 Å². The first-order valence-corrected chi connectivity index (χ1v) is 6.18. The largest absolute Gasteiger partial charge is 0.320 e. The van der Waals surface area contributed by atoms with Crippen molar-refractivity contribution in [3.05, 3.63) is 69.8 Å². The SMILES string of the molecule is Cc1ccc(F)c(C(N)c2cc(C)c(F)c(C)c2)c1. The molecule has 0 radical (unpaired) electrons. The van der Waals surface area contributed by atoms with Crippen LogP contribution in [0.25, 0.3) is 0 Å². The molecule has 0 saturated heterocycles. The summed E-state index contributed by atoms with van der Waals surface area (Å²) in [5, 5.41) is 0. The molecule has 0 heterocycles. The molecule has 0 saturated carbocycles. The van der Waals surface area contributed by atoms with Gasteiger partial charge >= 0.3 is 0 Å². The van der Waals surface area contributed by atoms with Crippen LogP contribution < -0.4 is 5.73 Å². The van der Waals surface area contributed by atoms with Crippen LogP contribution in [-0.2, 0) is 0 Å². The maximum atomic E-state index is 13.8. The van der Waals surface area contributed by atoms with Gasteiger partial charge in [0.1, 0.15) is 11.6 Å². The summed E-state index contributed by atoms with van der Waals surface area (Å²) < 4.78 is 27.4. The van der Waals surface area contributed by atoms with Gasteiger partial charge in [-0.05, 0) is 43.5 Å². The van der Waals surface area contributed by atoms with Crippen molar-refractivity contribution in [3.8, 4) is 0 Å². The average molecular weight is 261 g/mol. The standard InChI is InChI=1S/C16H17F2N/c1-9-4-5-14(17)13(6-9)16(19)12-7-10(2)15(18)11(3)8-12/h4-8,16H,19H2,1-3H3. The number of halogens is 2. The lowest BCUT2D eigenvalue weighted by Crippen LogP contribution is -2.14. The molecule has 2 N–H and O–H groups in total. The zero-order valence-corrected chi connectivity index (χ0v) is 11.3. The summed E-state index contributed by atoms with van der Waals surface area (Å²) in [4.78, 5) is 0. The van der Waals surface area contributed by atoms with Crippen molar-refractivity contribution in [2.24, 2.45) is 5.73 Å². The predicted octanol–water partition coefficient (Wildman–Crippen LogP) is 3.94. The van der Waals surface area contributed by atoms with E-state index in [0.29, 0.717) is 16.7 Å². The van der Waals surface area contributed by atoms with Crippen LogP contribution in [-0.4, -0.2) is 0 Å². The van der Waals surface area contributed by atoms with Gasteiger partial charge < -0.3 is 5.73 Å². The molecule has 2 aromatic carbocycles. The molecule has 19 heavy (non-hydrogen) atoms. The molecule has 0 aromatic heterocycles. The fourth-order valence-corrected chi connectivity index (χ4v) is 2.24. The molecular weight excluding hydrogens is 244 g/mol. The zero-order valence-electron chi connectivity index (χ0n) is 11.3. The van der Waals surface area contributed by atoms with Gasteiger partial charge in [0.05, 0.1) is 6.04 Å². The van der Waals surface area contributed by atoms with E-state index in [0.717, 1.165) is 11.1 Å². The van der Waals surface area contributed by atoms with Crippen LogP contribution in [0.3, 0.4) is 0 Å². The van der Waals surface area contributed by atoms with Gasteiger partial charge in [-0.25, -0.2) is 8.78 Å². The highest BCUT2D eigenvalue weighted by Crippen LogP contribution is 2.26. The third kappa shape index (κ3) is 2.66. The minimum absolute atomic E-state index is 0.235. The minimum Gasteiger partial charge on any atom is -0.320 e. The van der Waals surface area contributed by atoms with Gasteiger partial charge in [-0.1, -0.05) is 29.8 Å². The maximum absolute atomic E-state index is 13.8. The number of rotatable bonds is 2. The highest BCUT2D eigenvalue weighted by molar-refractivity contribution is 5.39. The van der Waals surface area contributed by atoms with E-state index in [1.165, 1.54) is 6.07 Å². The average Bonchev–Trinajstić information content (AvgIpc) is 2.37. The zero-order chi connectivity index (χ0) is 14.2. The van der Waals surface area contributed by atoms with Crippen molar-refractivity contribution >= 4 is 0 Å². The van der Waals surface area contributed by atoms with E-state index < -0.39 is 6.04 Å². The second kappa shape index (κ2) is 5.10. The summed E-state index contributed by atoms with van der Waals surface area (Å²) in [6.45, 7) is 5.26. The Morgan fingerprint density at radius 2 is 1.53 bits per heavy atom. The van der Waals surface area contributed by atoms with Gasteiger partial charge in [0, 0.05) is 5.56 Å². The summed E-state index contributed by atoms with van der Waals surface area (Å²) in [7, 11) is 0. The molecular formula is C16H17F2N. The number of hydrogen-bond donors (Lipinski definition) is 1. The van der Waals surface area contributed by atoms with E-state index in [1.54, 1.807) is 38.1 Å². The lowest BCUT2D eigenvalue weighted by molar-refractivity contribution is 0.595. The summed E-state index contributed by atoms with van der Waals surface area (Å²) in [5.41, 5.74) is 9.27. The van der Waals surface area contributed by atoms with Crippen LogP contribution in [0.5, 0.6) is 0 Å². The van der Waals surface area contributed by atoms with Crippen molar-refractivity contribution in [2.75, 3.05) is 0 Å². The third-order valence-corrected chi connectivity index (χ3v) is 3.30. The summed E-state index contributed by atoms with van der Waals surface area (Å²) in [5.74, 6) is -0.571. The van der Waals surface area contributed by atoms with Crippen LogP contribution in [0, 0.1) is 32.4 Å². The Morgan fingerprint density at radius 1 is 0.947 bits per heavy atom. The highest BCUT2D eigenvalue weighted by atomic mass is 19.1. The first kappa shape index (κ1) is 13.7. The molecule has 2 rings (SSSR count). The first-order valence-electron chi connectivity index (χ1n) is 6.18. The number of hydrogen-bond acceptors (Lipinski definition) is 1. The minimum atomic E-state index is -0.585. The van der Waals surface area contributed by atoms with Crippen LogP contribution >= 0.6 is 0 Å². The summed E-state index contributed by atoms with van der Waals surface area (Å²) >= 11 is 0. The number of aryl methyl sites for hydroxylation is 3. The topological polar surface area (TPSA) is 26.0 Å². The molecule has 0 aliphatic rings. The molecule has 0 aliphatic heterocycles. The summed E-state index contributed by atoms with van der Waals surface area (Å²) in [6.07, 6.45) is 0. The molecule has 0 bridgehead atoms. The quantitative estimate of drug-likeness (QED) is 0.870. The van der Waals surface area contributed by atoms with E-state index in [2.05, 4.69) is 0 Å². The van der Waals surface area contributed by atoms with Crippen molar-refractivity contribution in [1.29, 1.82) is 0 Å². The van der Waals surface area contributed by atoms with E-state index in [1.807, 2.05) is 6.92 Å². The van der Waals surface area contributed by atoms with Crippen molar-refractivity contribution in [3.63, 3.8) is 0 Å². The fraction of sp³-hybridized carbons (Fsp3) is 0.250. The highest BCUT2D eigenvalue weighted by Gasteiger charge is 2.16. The summed E-state index contributed by atoms with van der Waals surface area (Å²) in [6, 6.07) is 7.61. The molecule has 0 amide bonds. The molecule has 100 valence electrons. The van der Waals surface area contributed by atoms with Crippen molar-refractivity contribution in [1.82, 2.24) is 0 Å². The van der Waals surface area contributed by atoms with Crippen LogP contribution in [0.15, 0.2) is 30.3 Å². The van der Waals surface area contributed by atoms with Crippen LogP contribution in [0.2, 0.25) is 0 Å². The van der Waals surface area contributed by atoms with Crippen LogP contribution in [0.4, 0.5) is 8.78 Å². The first-order chi connectivity index (χ1) is 8.90. The molecule has 1 unspecified atom stereocenters. The van der Waals surface area contributed by atoms with Gasteiger partial charge in [-0.3, -0.25) is 0 Å². The normalized spacial score (nSPS) is 12.5. The Bertz CT molecular complexity index is 597. The second-order valence-electron chi connectivity index (χ2n) is 4.97. The maximum Gasteiger partial charge on any atom is 0.129 e. The third-order valence-electron chi connectivity index (χ3n) is 3.30. The second-order valence-corrected chi connectivity index (χ2v) is 4.97. The molecule has 1 atom stereocenters. The van der Waals surface area contributed by atoms with Gasteiger partial charge in [0.25, 0.3) is 0 Å². The van der Waals surface area contributed by atoms with Gasteiger partial charge in [0.15, 0.2) is 0 Å². The van der Waals surface area contributed by atoms with E-state index in [4.69, 9.17) is 5.73 Å². The van der Waals surface area contributed by atoms with Crippen molar-refractivity contribution < 1.29 is 8.78 Å². The molecule has 0 spiro atoms. The van der Waals surface area contributed by atoms with Crippen molar-refractivity contribution in [2.45, 2.75) is 26.8 Å². The Kier molecular flexibility index (Phi) is 3.67. The molecule has 3 heteroatoms. The van der Waals surface area contributed by atoms with Crippen LogP contribution in [0.1, 0.15) is 33.9 Å². The van der Waals surface area contributed by atoms with E-state index in [-0.39, 0.29) is 11.6 Å². The Morgan fingerprint density at radius 3 is 2.11 bits per heavy atom. The Balaban J connectivity index is 2.49. The molecule has 2 aromatic rings. The Hall–Kier alpha value is -1.74. The smallest absolute Gasteiger partial charge is 0.129 e. The Labute approximate surface area is 112 Å². The number of benzene rings is 2. The lowest BCUT2D eigenvalue weighted by atomic mass is 9.95. The van der Waals surface area contributed by atoms with Gasteiger partial charge in [-0.2, -0.15) is 0 Å². The lowest BCUT2D eigenvalue weighted by Gasteiger charge is -2.16. The van der Waals surface area contributed by atoms with Gasteiger partial charge in [0.2, 0.25) is 0 Å². The predicted molar refractivity (Wildman–Crippen MR) is 73.0 cm³/mol. The van der Waals surface area contributed by atoms with E-state index >= 15 is 0 Å². The monoisotopic (exact) mass is 261 g/mol. The molecule has 0 fully saturated rings. The van der Waals surface area contributed by atoms with Gasteiger partial charge in [-0.15, -0.1) is 0 Å². The fourth-order valence-electron chi connectivity index (χ4n) is 2.24. The number of nitrogens with two attached hydrogens (primary N) is 1. The molecule has 0 aliphatic carbocycles. The molecule has 1 nitrogen and oxygen atoms in total.